The van der Waals surface area contributed by atoms with Crippen molar-refractivity contribution in [3.8, 4) is 0 Å². The summed E-state index contributed by atoms with van der Waals surface area (Å²) in [5.41, 5.74) is 0.964. The first-order valence-corrected chi connectivity index (χ1v) is 8.74. The van der Waals surface area contributed by atoms with Gasteiger partial charge in [-0.25, -0.2) is 19.3 Å². The molecule has 25 heavy (non-hydrogen) atoms. The molecule has 1 saturated heterocycles. The number of alkyl halides is 1. The van der Waals surface area contributed by atoms with E-state index in [4.69, 9.17) is 0 Å². The molecule has 0 amide bonds. The van der Waals surface area contributed by atoms with E-state index in [1.165, 1.54) is 0 Å². The molecule has 0 aliphatic carbocycles. The molecule has 3 rings (SSSR count). The Morgan fingerprint density at radius 3 is 2.76 bits per heavy atom. The summed E-state index contributed by atoms with van der Waals surface area (Å²) in [6.07, 6.45) is 5.19. The van der Waals surface area contributed by atoms with Gasteiger partial charge in [-0.3, -0.25) is 4.90 Å². The minimum Gasteiger partial charge on any atom is -0.353 e. The van der Waals surface area contributed by atoms with Crippen molar-refractivity contribution in [2.45, 2.75) is 51.4 Å². The SMILES string of the molecule is Cn1ccnc1CN1C[C@@H](F)C[C@H]1CNc1nccc(C(C)(C)C)n1. The van der Waals surface area contributed by atoms with Crippen molar-refractivity contribution in [1.29, 1.82) is 0 Å². The smallest absolute Gasteiger partial charge is 0.222 e. The van der Waals surface area contributed by atoms with Crippen LogP contribution in [0.15, 0.2) is 24.7 Å². The van der Waals surface area contributed by atoms with Crippen LogP contribution < -0.4 is 5.32 Å². The topological polar surface area (TPSA) is 58.9 Å². The van der Waals surface area contributed by atoms with E-state index in [1.54, 1.807) is 12.4 Å². The first-order chi connectivity index (χ1) is 11.8. The minimum atomic E-state index is -0.797. The number of imidazole rings is 1. The summed E-state index contributed by atoms with van der Waals surface area (Å²) in [5.74, 6) is 1.55. The molecule has 2 atom stereocenters. The molecule has 6 nitrogen and oxygen atoms in total. The van der Waals surface area contributed by atoms with Gasteiger partial charge in [-0.1, -0.05) is 20.8 Å². The standard InChI is InChI=1S/C18H27FN6/c1-18(2,3)15-5-6-21-17(23-15)22-10-14-9-13(19)11-25(14)12-16-20-7-8-24(16)4/h5-8,13-14H,9-12H2,1-4H3,(H,21,22,23)/t13-,14-/m0/s1. The third-order valence-corrected chi connectivity index (χ3v) is 4.66. The highest BCUT2D eigenvalue weighted by atomic mass is 19.1. The van der Waals surface area contributed by atoms with Gasteiger partial charge in [0.2, 0.25) is 5.95 Å². The van der Waals surface area contributed by atoms with Crippen molar-refractivity contribution in [2.24, 2.45) is 7.05 Å². The van der Waals surface area contributed by atoms with Gasteiger partial charge >= 0.3 is 0 Å². The molecule has 2 aromatic rings. The fourth-order valence-electron chi connectivity index (χ4n) is 3.13. The molecule has 0 unspecified atom stereocenters. The monoisotopic (exact) mass is 346 g/mol. The number of nitrogens with one attached hydrogen (secondary N) is 1. The lowest BCUT2D eigenvalue weighted by molar-refractivity contribution is 0.233. The van der Waals surface area contributed by atoms with Crippen molar-refractivity contribution >= 4 is 5.95 Å². The summed E-state index contributed by atoms with van der Waals surface area (Å²) in [6.45, 7) is 8.09. The summed E-state index contributed by atoms with van der Waals surface area (Å²) >= 11 is 0. The van der Waals surface area contributed by atoms with Gasteiger partial charge in [-0.15, -0.1) is 0 Å². The van der Waals surface area contributed by atoms with Crippen LogP contribution in [0.5, 0.6) is 0 Å². The molecule has 1 fully saturated rings. The second-order valence-corrected chi connectivity index (χ2v) is 7.77. The van der Waals surface area contributed by atoms with E-state index in [2.05, 4.69) is 45.9 Å². The van der Waals surface area contributed by atoms with Crippen molar-refractivity contribution in [2.75, 3.05) is 18.4 Å². The van der Waals surface area contributed by atoms with Crippen molar-refractivity contribution < 1.29 is 4.39 Å². The number of hydrogen-bond acceptors (Lipinski definition) is 5. The molecule has 0 bridgehead atoms. The van der Waals surface area contributed by atoms with Gasteiger partial charge in [-0.2, -0.15) is 0 Å². The predicted octanol–water partition coefficient (Wildman–Crippen LogP) is 2.53. The number of rotatable bonds is 5. The molecule has 0 spiro atoms. The molecule has 1 aliphatic heterocycles. The molecule has 7 heteroatoms. The van der Waals surface area contributed by atoms with E-state index in [0.717, 1.165) is 11.5 Å². The van der Waals surface area contributed by atoms with Crippen molar-refractivity contribution in [1.82, 2.24) is 24.4 Å². The third-order valence-electron chi connectivity index (χ3n) is 4.66. The van der Waals surface area contributed by atoms with Gasteiger partial charge in [0.15, 0.2) is 0 Å². The van der Waals surface area contributed by atoms with Crippen LogP contribution in [0.1, 0.15) is 38.7 Å². The lowest BCUT2D eigenvalue weighted by Crippen LogP contribution is -2.35. The van der Waals surface area contributed by atoms with Crippen LogP contribution in [0.3, 0.4) is 0 Å². The predicted molar refractivity (Wildman–Crippen MR) is 96.1 cm³/mol. The first kappa shape index (κ1) is 17.8. The Morgan fingerprint density at radius 2 is 2.08 bits per heavy atom. The van der Waals surface area contributed by atoms with E-state index in [1.807, 2.05) is 23.9 Å². The number of anilines is 1. The van der Waals surface area contributed by atoms with Crippen LogP contribution in [0.2, 0.25) is 0 Å². The number of aryl methyl sites for hydroxylation is 1. The van der Waals surface area contributed by atoms with Crippen LogP contribution >= 0.6 is 0 Å². The van der Waals surface area contributed by atoms with E-state index in [-0.39, 0.29) is 11.5 Å². The van der Waals surface area contributed by atoms with E-state index >= 15 is 0 Å². The van der Waals surface area contributed by atoms with Crippen LogP contribution in [0, 0.1) is 0 Å². The lowest BCUT2D eigenvalue weighted by atomic mass is 9.92. The Kier molecular flexibility index (Phi) is 5.03. The average molecular weight is 346 g/mol. The molecule has 0 saturated carbocycles. The summed E-state index contributed by atoms with van der Waals surface area (Å²) < 4.78 is 15.9. The van der Waals surface area contributed by atoms with Gasteiger partial charge < -0.3 is 9.88 Å². The normalized spacial score (nSPS) is 21.6. The fraction of sp³-hybridized carbons (Fsp3) is 0.611. The lowest BCUT2D eigenvalue weighted by Gasteiger charge is -2.24. The Bertz CT molecular complexity index is 708. The summed E-state index contributed by atoms with van der Waals surface area (Å²) in [5, 5.41) is 3.29. The van der Waals surface area contributed by atoms with Gasteiger partial charge in [0.05, 0.1) is 12.2 Å². The summed E-state index contributed by atoms with van der Waals surface area (Å²) in [4.78, 5) is 15.4. The molecular formula is C18H27FN6. The highest BCUT2D eigenvalue weighted by Gasteiger charge is 2.32. The Morgan fingerprint density at radius 1 is 1.28 bits per heavy atom. The van der Waals surface area contributed by atoms with Gasteiger partial charge in [0.1, 0.15) is 12.0 Å². The average Bonchev–Trinajstić information content (AvgIpc) is 3.11. The highest BCUT2D eigenvalue weighted by molar-refractivity contribution is 5.28. The molecule has 1 N–H and O–H groups in total. The molecule has 3 heterocycles. The molecule has 0 aromatic carbocycles. The van der Waals surface area contributed by atoms with Crippen LogP contribution in [-0.4, -0.2) is 49.7 Å². The van der Waals surface area contributed by atoms with Crippen molar-refractivity contribution in [3.05, 3.63) is 36.2 Å². The second kappa shape index (κ2) is 7.07. The van der Waals surface area contributed by atoms with E-state index in [9.17, 15) is 4.39 Å². The van der Waals surface area contributed by atoms with Crippen LogP contribution in [0.4, 0.5) is 10.3 Å². The molecule has 136 valence electrons. The first-order valence-electron chi connectivity index (χ1n) is 8.74. The van der Waals surface area contributed by atoms with Crippen molar-refractivity contribution in [3.63, 3.8) is 0 Å². The second-order valence-electron chi connectivity index (χ2n) is 7.77. The van der Waals surface area contributed by atoms with Gasteiger partial charge in [-0.05, 0) is 12.5 Å². The van der Waals surface area contributed by atoms with Gasteiger partial charge in [0.25, 0.3) is 0 Å². The third kappa shape index (κ3) is 4.34. The maximum atomic E-state index is 14.0. The molecule has 0 radical (unpaired) electrons. The van der Waals surface area contributed by atoms with Crippen LogP contribution in [0.25, 0.3) is 0 Å². The van der Waals surface area contributed by atoms with E-state index in [0.29, 0.717) is 32.0 Å². The Balaban J connectivity index is 1.64. The quantitative estimate of drug-likeness (QED) is 0.901. The summed E-state index contributed by atoms with van der Waals surface area (Å²) in [6, 6.07) is 2.04. The molecule has 1 aliphatic rings. The van der Waals surface area contributed by atoms with Gasteiger partial charge in [0, 0.05) is 50.2 Å². The number of halogens is 1. The Hall–Kier alpha value is -2.02. The largest absolute Gasteiger partial charge is 0.353 e. The highest BCUT2D eigenvalue weighted by Crippen LogP contribution is 2.23. The summed E-state index contributed by atoms with van der Waals surface area (Å²) in [7, 11) is 1.96. The zero-order valence-corrected chi connectivity index (χ0v) is 15.4. The number of nitrogens with zero attached hydrogens (tertiary/aromatic N) is 5. The fourth-order valence-corrected chi connectivity index (χ4v) is 3.13. The maximum absolute atomic E-state index is 14.0. The minimum absolute atomic E-state index is 0.0268. The van der Waals surface area contributed by atoms with Crippen LogP contribution in [-0.2, 0) is 19.0 Å². The maximum Gasteiger partial charge on any atom is 0.222 e. The van der Waals surface area contributed by atoms with E-state index < -0.39 is 6.17 Å². The zero-order valence-electron chi connectivity index (χ0n) is 15.4. The zero-order chi connectivity index (χ0) is 18.0. The number of aromatic nitrogens is 4. The molecule has 2 aromatic heterocycles. The number of hydrogen-bond donors (Lipinski definition) is 1. The number of likely N-dealkylation sites (tertiary alicyclic amines) is 1. The Labute approximate surface area is 148 Å². The molecular weight excluding hydrogens is 319 g/mol.